The van der Waals surface area contributed by atoms with Gasteiger partial charge < -0.3 is 9.13 Å². The lowest BCUT2D eigenvalue weighted by Gasteiger charge is -2.21. The first-order valence-electron chi connectivity index (χ1n) is 25.7. The first-order chi connectivity index (χ1) is 34.2. The van der Waals surface area contributed by atoms with E-state index in [1.165, 1.54) is 54.8 Å². The van der Waals surface area contributed by atoms with Gasteiger partial charge in [-0.25, -0.2) is 9.97 Å². The Morgan fingerprint density at radius 3 is 1.03 bits per heavy atom. The molecular formula is C68H66N4. The fourth-order valence-electron chi connectivity index (χ4n) is 10.5. The highest BCUT2D eigenvalue weighted by Gasteiger charge is 2.26. The fourth-order valence-corrected chi connectivity index (χ4v) is 10.5. The summed E-state index contributed by atoms with van der Waals surface area (Å²) in [5, 5.41) is 5.03. The smallest absolute Gasteiger partial charge is 0.160 e. The Bertz CT molecular complexity index is 3680. The van der Waals surface area contributed by atoms with Gasteiger partial charge in [-0.3, -0.25) is 0 Å². The van der Waals surface area contributed by atoms with Gasteiger partial charge in [-0.05, 0) is 111 Å². The molecule has 4 nitrogen and oxygen atoms in total. The van der Waals surface area contributed by atoms with Gasteiger partial charge in [-0.1, -0.05) is 198 Å². The molecule has 3 aromatic heterocycles. The maximum Gasteiger partial charge on any atom is 0.160 e. The van der Waals surface area contributed by atoms with Crippen molar-refractivity contribution in [3.63, 3.8) is 0 Å². The fraction of sp³-hybridized carbons (Fsp3) is 0.235. The Balaban J connectivity index is 1.24. The normalized spacial score (nSPS) is 12.7. The van der Waals surface area contributed by atoms with Gasteiger partial charge in [0.2, 0.25) is 0 Å². The number of para-hydroxylation sites is 1. The molecule has 0 unspecified atom stereocenters. The van der Waals surface area contributed by atoms with E-state index in [0.717, 1.165) is 61.6 Å². The highest BCUT2D eigenvalue weighted by atomic mass is 15.0. The molecule has 11 aromatic rings. The van der Waals surface area contributed by atoms with Crippen molar-refractivity contribution >= 4 is 43.6 Å². The third-order valence-corrected chi connectivity index (χ3v) is 14.8. The van der Waals surface area contributed by atoms with Crippen LogP contribution in [-0.4, -0.2) is 19.1 Å². The van der Waals surface area contributed by atoms with Crippen LogP contribution in [-0.2, 0) is 21.7 Å². The molecule has 0 spiro atoms. The van der Waals surface area contributed by atoms with Crippen molar-refractivity contribution in [2.45, 2.75) is 105 Å². The molecule has 0 amide bonds. The summed E-state index contributed by atoms with van der Waals surface area (Å²) in [6, 6.07) is 67.4. The van der Waals surface area contributed by atoms with Crippen molar-refractivity contribution in [3.8, 4) is 56.4 Å². The van der Waals surface area contributed by atoms with E-state index in [2.05, 4.69) is 274 Å². The quantitative estimate of drug-likeness (QED) is 0.167. The molecule has 3 heterocycles. The molecule has 0 aliphatic carbocycles. The van der Waals surface area contributed by atoms with Crippen LogP contribution in [0.4, 0.5) is 0 Å². The van der Waals surface area contributed by atoms with E-state index in [0.29, 0.717) is 5.82 Å². The van der Waals surface area contributed by atoms with Gasteiger partial charge in [0.1, 0.15) is 0 Å². The van der Waals surface area contributed by atoms with E-state index in [-0.39, 0.29) is 21.7 Å². The van der Waals surface area contributed by atoms with Crippen molar-refractivity contribution in [3.05, 3.63) is 204 Å². The number of aromatic nitrogens is 4. The number of nitrogens with zero attached hydrogens (tertiary/aromatic N) is 4. The van der Waals surface area contributed by atoms with Crippen molar-refractivity contribution in [2.24, 2.45) is 0 Å². The minimum Gasteiger partial charge on any atom is -0.309 e. The molecule has 0 saturated heterocycles. The van der Waals surface area contributed by atoms with Gasteiger partial charge in [0.05, 0.1) is 44.8 Å². The summed E-state index contributed by atoms with van der Waals surface area (Å²) in [6.45, 7) is 27.7. The summed E-state index contributed by atoms with van der Waals surface area (Å²) >= 11 is 0. The second kappa shape index (κ2) is 17.1. The molecule has 0 N–H and O–H groups in total. The van der Waals surface area contributed by atoms with E-state index >= 15 is 0 Å². The van der Waals surface area contributed by atoms with Crippen molar-refractivity contribution in [1.29, 1.82) is 0 Å². The molecule has 11 rings (SSSR count). The molecule has 0 atom stereocenters. The molecule has 0 saturated carbocycles. The molecule has 0 aliphatic heterocycles. The van der Waals surface area contributed by atoms with Gasteiger partial charge in [-0.15, -0.1) is 0 Å². The van der Waals surface area contributed by atoms with E-state index in [1.807, 2.05) is 0 Å². The third-order valence-electron chi connectivity index (χ3n) is 14.8. The lowest BCUT2D eigenvalue weighted by Crippen LogP contribution is -2.10. The van der Waals surface area contributed by atoms with Crippen molar-refractivity contribution in [2.75, 3.05) is 0 Å². The Morgan fingerprint density at radius 2 is 0.639 bits per heavy atom. The highest BCUT2D eigenvalue weighted by Crippen LogP contribution is 2.45. The number of benzene rings is 8. The lowest BCUT2D eigenvalue weighted by molar-refractivity contribution is 0.590. The van der Waals surface area contributed by atoms with Crippen LogP contribution in [0.5, 0.6) is 0 Å². The summed E-state index contributed by atoms with van der Waals surface area (Å²) < 4.78 is 5.02. The molecule has 4 heteroatoms. The Hall–Kier alpha value is -7.56. The predicted octanol–water partition coefficient (Wildman–Crippen LogP) is 18.5. The molecule has 72 heavy (non-hydrogen) atoms. The van der Waals surface area contributed by atoms with E-state index in [1.54, 1.807) is 0 Å². The minimum atomic E-state index is -0.0323. The lowest BCUT2D eigenvalue weighted by atomic mass is 9.85. The zero-order valence-corrected chi connectivity index (χ0v) is 44.1. The predicted molar refractivity (Wildman–Crippen MR) is 307 cm³/mol. The van der Waals surface area contributed by atoms with Crippen molar-refractivity contribution < 1.29 is 0 Å². The van der Waals surface area contributed by atoms with E-state index < -0.39 is 0 Å². The number of hydrogen-bond acceptors (Lipinski definition) is 2. The van der Waals surface area contributed by atoms with E-state index in [9.17, 15) is 0 Å². The summed E-state index contributed by atoms with van der Waals surface area (Å²) in [5.41, 5.74) is 19.1. The number of rotatable bonds is 6. The van der Waals surface area contributed by atoms with Crippen molar-refractivity contribution in [1.82, 2.24) is 19.1 Å². The van der Waals surface area contributed by atoms with Crippen LogP contribution in [0.15, 0.2) is 182 Å². The summed E-state index contributed by atoms with van der Waals surface area (Å²) in [6.07, 6.45) is 0. The molecule has 0 radical (unpaired) electrons. The zero-order chi connectivity index (χ0) is 50.5. The largest absolute Gasteiger partial charge is 0.309 e. The van der Waals surface area contributed by atoms with Crippen LogP contribution in [0.1, 0.15) is 105 Å². The SMILES string of the molecule is CC(C)(C)c1ccc2c(c1)c1cc(C(C)(C)C)ccc1n2-c1ccccc1-c1ccc(-c2nc(-c3ccccc3)cc(-c3ccccc3)n2)cc1-n1c2ccc(C(C)(C)C)cc2c2cc(C(C)(C)C)ccc21. The Labute approximate surface area is 426 Å². The van der Waals surface area contributed by atoms with Gasteiger partial charge in [0.25, 0.3) is 0 Å². The average molecular weight is 939 g/mol. The summed E-state index contributed by atoms with van der Waals surface area (Å²) in [5.74, 6) is 0.675. The average Bonchev–Trinajstić information content (AvgIpc) is 3.87. The monoisotopic (exact) mass is 939 g/mol. The maximum absolute atomic E-state index is 5.38. The first kappa shape index (κ1) is 46.8. The molecule has 0 bridgehead atoms. The van der Waals surface area contributed by atoms with Gasteiger partial charge in [-0.2, -0.15) is 0 Å². The third kappa shape index (κ3) is 8.31. The Kier molecular flexibility index (Phi) is 11.1. The molecule has 0 aliphatic rings. The van der Waals surface area contributed by atoms with E-state index in [4.69, 9.17) is 9.97 Å². The maximum atomic E-state index is 5.38. The van der Waals surface area contributed by atoms with Crippen LogP contribution in [0, 0.1) is 0 Å². The zero-order valence-electron chi connectivity index (χ0n) is 44.1. The van der Waals surface area contributed by atoms with Crippen LogP contribution in [0.3, 0.4) is 0 Å². The topological polar surface area (TPSA) is 35.6 Å². The minimum absolute atomic E-state index is 0.00536. The molecular weight excluding hydrogens is 873 g/mol. The first-order valence-corrected chi connectivity index (χ1v) is 25.7. The molecule has 8 aromatic carbocycles. The Morgan fingerprint density at radius 1 is 0.292 bits per heavy atom. The summed E-state index contributed by atoms with van der Waals surface area (Å²) in [7, 11) is 0. The molecule has 0 fully saturated rings. The van der Waals surface area contributed by atoms with Gasteiger partial charge in [0.15, 0.2) is 5.82 Å². The summed E-state index contributed by atoms with van der Waals surface area (Å²) in [4.78, 5) is 10.8. The molecule has 358 valence electrons. The van der Waals surface area contributed by atoms with Gasteiger partial charge >= 0.3 is 0 Å². The highest BCUT2D eigenvalue weighted by molar-refractivity contribution is 6.12. The number of hydrogen-bond donors (Lipinski definition) is 0. The van der Waals surface area contributed by atoms with Crippen LogP contribution < -0.4 is 0 Å². The van der Waals surface area contributed by atoms with Crippen LogP contribution >= 0.6 is 0 Å². The second-order valence-electron chi connectivity index (χ2n) is 24.0. The standard InChI is InChI=1S/C68H66N4/c1-65(2,3)46-28-33-59-52(38-46)53-39-47(66(4,5)6)29-34-60(53)71(59)58-26-20-19-25-50(58)51-32-27-45(64-69-56(43-21-15-13-16-22-43)42-57(70-64)44-23-17-14-18-24-44)37-63(51)72-61-35-30-48(67(7,8)9)40-54(61)55-41-49(68(10,11)12)31-36-62(55)72/h13-42H,1-12H3. The second-order valence-corrected chi connectivity index (χ2v) is 24.0. The number of fused-ring (bicyclic) bond motifs is 6. The van der Waals surface area contributed by atoms with Crippen LogP contribution in [0.2, 0.25) is 0 Å². The van der Waals surface area contributed by atoms with Crippen LogP contribution in [0.25, 0.3) is 100 Å². The van der Waals surface area contributed by atoms with Gasteiger partial charge in [0, 0.05) is 49.4 Å².